The van der Waals surface area contributed by atoms with Gasteiger partial charge in [-0.3, -0.25) is 9.59 Å². The number of aliphatic hydroxyl groups is 2. The number of nitrogens with one attached hydrogen (secondary N) is 2. The monoisotopic (exact) mass is 526 g/mol. The Labute approximate surface area is 210 Å². The molecule has 0 fully saturated rings. The molecule has 1 aromatic heterocycles. The Bertz CT molecular complexity index is 1090. The van der Waals surface area contributed by atoms with Gasteiger partial charge in [0.15, 0.2) is 4.21 Å². The molecule has 2 aromatic rings. The van der Waals surface area contributed by atoms with E-state index in [1.807, 2.05) is 30.3 Å². The first-order chi connectivity index (χ1) is 16.4. The summed E-state index contributed by atoms with van der Waals surface area (Å²) >= 11 is 1.03. The van der Waals surface area contributed by atoms with Gasteiger partial charge in [0.25, 0.3) is 10.0 Å². The van der Waals surface area contributed by atoms with Crippen molar-refractivity contribution in [1.82, 2.24) is 19.9 Å². The Morgan fingerprint density at radius 2 is 1.71 bits per heavy atom. The van der Waals surface area contributed by atoms with E-state index >= 15 is 0 Å². The first-order valence-corrected chi connectivity index (χ1v) is 13.5. The zero-order valence-electron chi connectivity index (χ0n) is 20.4. The second-order valence-corrected chi connectivity index (χ2v) is 11.7. The summed E-state index contributed by atoms with van der Waals surface area (Å²) in [6.07, 6.45) is -2.12. The number of benzene rings is 1. The summed E-state index contributed by atoms with van der Waals surface area (Å²) in [5.74, 6) is -0.725. The summed E-state index contributed by atoms with van der Waals surface area (Å²) in [7, 11) is -2.58. The second kappa shape index (κ2) is 13.1. The third-order valence-electron chi connectivity index (χ3n) is 5.26. The Balaban J connectivity index is 2.28. The first-order valence-electron chi connectivity index (χ1n) is 11.3. The van der Waals surface area contributed by atoms with E-state index in [0.29, 0.717) is 10.7 Å². The summed E-state index contributed by atoms with van der Waals surface area (Å²) < 4.78 is 27.9. The van der Waals surface area contributed by atoms with Crippen LogP contribution in [0.3, 0.4) is 0 Å². The minimum atomic E-state index is -4.06. The van der Waals surface area contributed by atoms with Crippen LogP contribution in [0.1, 0.15) is 36.0 Å². The van der Waals surface area contributed by atoms with Crippen LogP contribution in [-0.4, -0.2) is 78.1 Å². The smallest absolute Gasteiger partial charge is 0.254 e. The van der Waals surface area contributed by atoms with Crippen LogP contribution in [-0.2, 0) is 26.0 Å². The number of rotatable bonds is 13. The molecule has 0 aliphatic carbocycles. The van der Waals surface area contributed by atoms with Gasteiger partial charge < -0.3 is 20.8 Å². The van der Waals surface area contributed by atoms with Crippen molar-refractivity contribution in [2.45, 2.75) is 62.5 Å². The van der Waals surface area contributed by atoms with Crippen LogP contribution in [0.5, 0.6) is 0 Å². The van der Waals surface area contributed by atoms with E-state index in [4.69, 9.17) is 0 Å². The summed E-state index contributed by atoms with van der Waals surface area (Å²) in [6.45, 7) is 4.17. The number of nitrogens with zero attached hydrogens (tertiary/aromatic N) is 2. The molecule has 194 valence electrons. The third-order valence-corrected chi connectivity index (χ3v) is 8.75. The van der Waals surface area contributed by atoms with Crippen LogP contribution < -0.4 is 10.6 Å². The lowest BCUT2D eigenvalue weighted by Gasteiger charge is -2.30. The molecule has 3 atom stereocenters. The van der Waals surface area contributed by atoms with Crippen molar-refractivity contribution >= 4 is 33.2 Å². The molecular weight excluding hydrogens is 492 g/mol. The highest BCUT2D eigenvalue weighted by atomic mass is 32.2. The number of aromatic nitrogens is 1. The lowest BCUT2D eigenvalue weighted by atomic mass is 10.0. The molecule has 0 bridgehead atoms. The Kier molecular flexibility index (Phi) is 10.8. The van der Waals surface area contributed by atoms with Crippen LogP contribution in [0.15, 0.2) is 34.5 Å². The van der Waals surface area contributed by atoms with Crippen molar-refractivity contribution in [1.29, 1.82) is 0 Å². The summed E-state index contributed by atoms with van der Waals surface area (Å²) in [5, 5.41) is 26.9. The second-order valence-electron chi connectivity index (χ2n) is 8.38. The van der Waals surface area contributed by atoms with Gasteiger partial charge in [-0.15, -0.1) is 11.3 Å². The zero-order valence-corrected chi connectivity index (χ0v) is 22.0. The number of thiazole rings is 1. The summed E-state index contributed by atoms with van der Waals surface area (Å²) in [5.41, 5.74) is 1.18. The maximum atomic E-state index is 13.4. The molecular formula is C23H34N4O6S2. The van der Waals surface area contributed by atoms with Crippen LogP contribution >= 0.6 is 11.3 Å². The van der Waals surface area contributed by atoms with Gasteiger partial charge in [-0.05, 0) is 32.8 Å². The number of aryl methyl sites for hydroxylation is 2. The van der Waals surface area contributed by atoms with E-state index in [1.54, 1.807) is 13.8 Å². The van der Waals surface area contributed by atoms with Gasteiger partial charge in [0.1, 0.15) is 0 Å². The predicted molar refractivity (Wildman–Crippen MR) is 133 cm³/mol. The van der Waals surface area contributed by atoms with E-state index in [2.05, 4.69) is 15.6 Å². The standard InChI is InChI=1S/C23H34N4O6S2/c1-15(28)13-27(35(32,33)23-16(2)25-17(3)34-23)14-20(29)19(12-18-8-6-5-7-9-18)26-22(31)11-10-21(30)24-4/h5-9,15,19-20,28-29H,10-14H2,1-4H3,(H,24,30)(H,26,31)/t15-,19+,20-/m1/s1. The molecule has 4 N–H and O–H groups in total. The number of hydrogen-bond donors (Lipinski definition) is 4. The maximum absolute atomic E-state index is 13.4. The number of amides is 2. The molecule has 35 heavy (non-hydrogen) atoms. The lowest BCUT2D eigenvalue weighted by Crippen LogP contribution is -2.51. The van der Waals surface area contributed by atoms with Crippen LogP contribution in [0.2, 0.25) is 0 Å². The fourth-order valence-electron chi connectivity index (χ4n) is 3.55. The minimum Gasteiger partial charge on any atom is -0.392 e. The highest BCUT2D eigenvalue weighted by Crippen LogP contribution is 2.27. The molecule has 2 rings (SSSR count). The highest BCUT2D eigenvalue weighted by molar-refractivity contribution is 7.91. The topological polar surface area (TPSA) is 149 Å². The zero-order chi connectivity index (χ0) is 26.2. The molecule has 1 aromatic carbocycles. The van der Waals surface area contributed by atoms with Crippen molar-refractivity contribution in [2.24, 2.45) is 0 Å². The van der Waals surface area contributed by atoms with E-state index in [-0.39, 0.29) is 42.5 Å². The van der Waals surface area contributed by atoms with Crippen LogP contribution in [0.4, 0.5) is 0 Å². The average Bonchev–Trinajstić information content (AvgIpc) is 3.15. The summed E-state index contributed by atoms with van der Waals surface area (Å²) in [4.78, 5) is 28.2. The molecule has 0 aliphatic heterocycles. The quantitative estimate of drug-likeness (QED) is 0.301. The molecule has 0 radical (unpaired) electrons. The van der Waals surface area contributed by atoms with E-state index < -0.39 is 34.2 Å². The molecule has 0 saturated heterocycles. The Hall–Kier alpha value is -2.38. The molecule has 0 spiro atoms. The highest BCUT2D eigenvalue weighted by Gasteiger charge is 2.33. The van der Waals surface area contributed by atoms with Crippen molar-refractivity contribution < 1.29 is 28.2 Å². The third kappa shape index (κ3) is 8.65. The van der Waals surface area contributed by atoms with Gasteiger partial charge in [0, 0.05) is 33.0 Å². The van der Waals surface area contributed by atoms with Gasteiger partial charge in [0.05, 0.1) is 29.0 Å². The normalized spacial score (nSPS) is 14.4. The average molecular weight is 527 g/mol. The van der Waals surface area contributed by atoms with Gasteiger partial charge in [-0.2, -0.15) is 4.31 Å². The Morgan fingerprint density at radius 1 is 1.09 bits per heavy atom. The fourth-order valence-corrected chi connectivity index (χ4v) is 6.71. The number of carbonyl (C=O) groups excluding carboxylic acids is 2. The molecule has 2 amide bonds. The number of carbonyl (C=O) groups is 2. The minimum absolute atomic E-state index is 0.0109. The predicted octanol–water partition coefficient (Wildman–Crippen LogP) is 0.746. The number of aliphatic hydroxyl groups excluding tert-OH is 2. The molecule has 0 aliphatic rings. The molecule has 12 heteroatoms. The van der Waals surface area contributed by atoms with E-state index in [0.717, 1.165) is 21.2 Å². The van der Waals surface area contributed by atoms with Gasteiger partial charge in [-0.1, -0.05) is 30.3 Å². The SMILES string of the molecule is CNC(=O)CCC(=O)N[C@@H](Cc1ccccc1)[C@H](O)CN(C[C@@H](C)O)S(=O)(=O)c1sc(C)nc1C. The van der Waals surface area contributed by atoms with Gasteiger partial charge in [-0.25, -0.2) is 13.4 Å². The van der Waals surface area contributed by atoms with E-state index in [9.17, 15) is 28.2 Å². The van der Waals surface area contributed by atoms with Crippen molar-refractivity contribution in [3.63, 3.8) is 0 Å². The molecule has 0 saturated carbocycles. The fraction of sp³-hybridized carbons (Fsp3) is 0.522. The van der Waals surface area contributed by atoms with Crippen molar-refractivity contribution in [3.8, 4) is 0 Å². The molecule has 10 nitrogen and oxygen atoms in total. The maximum Gasteiger partial charge on any atom is 0.254 e. The largest absolute Gasteiger partial charge is 0.392 e. The summed E-state index contributed by atoms with van der Waals surface area (Å²) in [6, 6.07) is 8.34. The van der Waals surface area contributed by atoms with Crippen LogP contribution in [0, 0.1) is 13.8 Å². The Morgan fingerprint density at radius 3 is 2.26 bits per heavy atom. The number of hydrogen-bond acceptors (Lipinski definition) is 8. The van der Waals surface area contributed by atoms with Crippen LogP contribution in [0.25, 0.3) is 0 Å². The lowest BCUT2D eigenvalue weighted by molar-refractivity contribution is -0.127. The molecule has 1 heterocycles. The molecule has 0 unspecified atom stereocenters. The van der Waals surface area contributed by atoms with Gasteiger partial charge >= 0.3 is 0 Å². The number of sulfonamides is 1. The first kappa shape index (κ1) is 28.9. The van der Waals surface area contributed by atoms with Gasteiger partial charge in [0.2, 0.25) is 11.8 Å². The van der Waals surface area contributed by atoms with Crippen molar-refractivity contribution in [3.05, 3.63) is 46.6 Å². The van der Waals surface area contributed by atoms with Crippen molar-refractivity contribution in [2.75, 3.05) is 20.1 Å². The van der Waals surface area contributed by atoms with E-state index in [1.165, 1.54) is 14.0 Å².